The smallest absolute Gasteiger partial charge is 0.262 e. The van der Waals surface area contributed by atoms with Crippen LogP contribution >= 0.6 is 23.4 Å². The summed E-state index contributed by atoms with van der Waals surface area (Å²) in [6.45, 7) is 5.98. The maximum Gasteiger partial charge on any atom is 0.262 e. The van der Waals surface area contributed by atoms with Crippen molar-refractivity contribution in [3.8, 4) is 0 Å². The molecule has 0 bridgehead atoms. The van der Waals surface area contributed by atoms with Crippen molar-refractivity contribution in [2.75, 3.05) is 17.0 Å². The van der Waals surface area contributed by atoms with Crippen LogP contribution in [-0.2, 0) is 15.8 Å². The normalized spacial score (nSPS) is 11.3. The van der Waals surface area contributed by atoms with Crippen molar-refractivity contribution in [3.63, 3.8) is 0 Å². The van der Waals surface area contributed by atoms with Gasteiger partial charge in [0.25, 0.3) is 15.9 Å². The topological polar surface area (TPSA) is 75.3 Å². The number of halogens is 1. The van der Waals surface area contributed by atoms with Gasteiger partial charge in [0.1, 0.15) is 0 Å². The third kappa shape index (κ3) is 6.76. The number of benzene rings is 3. The zero-order chi connectivity index (χ0) is 24.0. The van der Waals surface area contributed by atoms with Crippen molar-refractivity contribution in [2.24, 2.45) is 0 Å². The van der Waals surface area contributed by atoms with E-state index in [1.165, 1.54) is 6.07 Å². The minimum atomic E-state index is -3.85. The molecule has 2 N–H and O–H groups in total. The average Bonchev–Trinajstić information content (AvgIpc) is 2.76. The van der Waals surface area contributed by atoms with E-state index in [9.17, 15) is 13.2 Å². The molecule has 5 nitrogen and oxygen atoms in total. The fourth-order valence-corrected chi connectivity index (χ4v) is 5.66. The predicted molar refractivity (Wildman–Crippen MR) is 138 cm³/mol. The first kappa shape index (κ1) is 25.1. The number of anilines is 1. The van der Waals surface area contributed by atoms with Crippen LogP contribution in [0.5, 0.6) is 0 Å². The van der Waals surface area contributed by atoms with Gasteiger partial charge >= 0.3 is 0 Å². The molecule has 3 aromatic rings. The number of hydrogen-bond acceptors (Lipinski definition) is 4. The van der Waals surface area contributed by atoms with Crippen molar-refractivity contribution in [1.29, 1.82) is 0 Å². The number of carbonyl (C=O) groups excluding carboxylic acids is 1. The van der Waals surface area contributed by atoms with E-state index in [-0.39, 0.29) is 10.8 Å². The molecule has 8 heteroatoms. The van der Waals surface area contributed by atoms with Gasteiger partial charge in [0.05, 0.1) is 10.6 Å². The number of sulfonamides is 1. The quantitative estimate of drug-likeness (QED) is 0.366. The predicted octanol–water partition coefficient (Wildman–Crippen LogP) is 5.73. The molecule has 33 heavy (non-hydrogen) atoms. The zero-order valence-corrected chi connectivity index (χ0v) is 21.2. The Labute approximate surface area is 205 Å². The van der Waals surface area contributed by atoms with Gasteiger partial charge in [-0.3, -0.25) is 9.52 Å². The largest absolute Gasteiger partial charge is 0.351 e. The van der Waals surface area contributed by atoms with Crippen LogP contribution in [0, 0.1) is 20.8 Å². The van der Waals surface area contributed by atoms with Crippen molar-refractivity contribution in [3.05, 3.63) is 93.5 Å². The molecule has 1 amide bonds. The molecule has 0 radical (unpaired) electrons. The van der Waals surface area contributed by atoms with Gasteiger partial charge < -0.3 is 5.32 Å². The van der Waals surface area contributed by atoms with E-state index >= 15 is 0 Å². The molecule has 0 saturated carbocycles. The highest BCUT2D eigenvalue weighted by atomic mass is 35.5. The minimum absolute atomic E-state index is 0.0892. The Morgan fingerprint density at radius 2 is 1.73 bits per heavy atom. The number of amides is 1. The molecule has 0 aromatic heterocycles. The van der Waals surface area contributed by atoms with Gasteiger partial charge in [-0.2, -0.15) is 11.8 Å². The Morgan fingerprint density at radius 3 is 2.48 bits per heavy atom. The van der Waals surface area contributed by atoms with Gasteiger partial charge in [-0.15, -0.1) is 0 Å². The van der Waals surface area contributed by atoms with Crippen LogP contribution in [0.1, 0.15) is 32.6 Å². The summed E-state index contributed by atoms with van der Waals surface area (Å²) in [6, 6.07) is 17.9. The van der Waals surface area contributed by atoms with E-state index in [0.29, 0.717) is 28.4 Å². The van der Waals surface area contributed by atoms with Crippen LogP contribution in [0.2, 0.25) is 5.02 Å². The molecule has 0 fully saturated rings. The van der Waals surface area contributed by atoms with Crippen molar-refractivity contribution in [2.45, 2.75) is 31.4 Å². The number of rotatable bonds is 9. The van der Waals surface area contributed by atoms with Crippen LogP contribution in [0.15, 0.2) is 65.6 Å². The second kappa shape index (κ2) is 11.1. The Morgan fingerprint density at radius 1 is 0.970 bits per heavy atom. The van der Waals surface area contributed by atoms with E-state index in [0.717, 1.165) is 28.2 Å². The minimum Gasteiger partial charge on any atom is -0.351 e. The second-order valence-electron chi connectivity index (χ2n) is 7.77. The molecule has 0 heterocycles. The molecule has 0 spiro atoms. The van der Waals surface area contributed by atoms with Crippen molar-refractivity contribution in [1.82, 2.24) is 5.32 Å². The maximum absolute atomic E-state index is 13.1. The Bertz CT molecular complexity index is 1260. The van der Waals surface area contributed by atoms with Crippen LogP contribution in [0.4, 0.5) is 5.69 Å². The number of aryl methyl sites for hydroxylation is 2. The summed E-state index contributed by atoms with van der Waals surface area (Å²) < 4.78 is 28.8. The molecule has 0 aliphatic rings. The van der Waals surface area contributed by atoms with Crippen LogP contribution in [0.25, 0.3) is 0 Å². The van der Waals surface area contributed by atoms with E-state index < -0.39 is 10.0 Å². The Hall–Kier alpha value is -2.48. The van der Waals surface area contributed by atoms with Gasteiger partial charge in [-0.1, -0.05) is 41.9 Å². The summed E-state index contributed by atoms with van der Waals surface area (Å²) in [6.07, 6.45) is 0. The first-order chi connectivity index (χ1) is 15.7. The third-order valence-corrected chi connectivity index (χ3v) is 8.05. The fourth-order valence-electron chi connectivity index (χ4n) is 3.25. The number of hydrogen-bond donors (Lipinski definition) is 2. The van der Waals surface area contributed by atoms with Gasteiger partial charge in [0.15, 0.2) is 0 Å². The fraction of sp³-hybridized carbons (Fsp3) is 0.240. The molecule has 0 aliphatic carbocycles. The lowest BCUT2D eigenvalue weighted by Crippen LogP contribution is -2.26. The van der Waals surface area contributed by atoms with Crippen molar-refractivity contribution < 1.29 is 13.2 Å². The standard InChI is InChI=1S/C25H27ClN2O3S2/c1-17-6-4-9-23(19(17)3)28-33(30,31)24-15-21(11-10-18(24)2)25(29)27-12-13-32-16-20-7-5-8-22(26)14-20/h4-11,14-15,28H,12-13,16H2,1-3H3,(H,27,29). The number of thioether (sulfide) groups is 1. The second-order valence-corrected chi connectivity index (χ2v) is 11.0. The average molecular weight is 503 g/mol. The molecular formula is C25H27ClN2O3S2. The van der Waals surface area contributed by atoms with Gasteiger partial charge in [0.2, 0.25) is 0 Å². The summed E-state index contributed by atoms with van der Waals surface area (Å²) in [7, 11) is -3.85. The molecule has 0 aliphatic heterocycles. The first-order valence-corrected chi connectivity index (χ1v) is 13.5. The van der Waals surface area contributed by atoms with Crippen LogP contribution in [0.3, 0.4) is 0 Å². The lowest BCUT2D eigenvalue weighted by molar-refractivity contribution is 0.0956. The van der Waals surface area contributed by atoms with Crippen LogP contribution < -0.4 is 10.0 Å². The molecule has 0 unspecified atom stereocenters. The van der Waals surface area contributed by atoms with Crippen molar-refractivity contribution >= 4 is 45.0 Å². The SMILES string of the molecule is Cc1ccc(C(=O)NCCSCc2cccc(Cl)c2)cc1S(=O)(=O)Nc1cccc(C)c1C. The van der Waals surface area contributed by atoms with Gasteiger partial charge in [0, 0.05) is 28.6 Å². The molecule has 3 aromatic carbocycles. The Balaban J connectivity index is 1.62. The summed E-state index contributed by atoms with van der Waals surface area (Å²) in [5.74, 6) is 1.22. The molecule has 0 saturated heterocycles. The highest BCUT2D eigenvalue weighted by Crippen LogP contribution is 2.24. The maximum atomic E-state index is 13.1. The Kier molecular flexibility index (Phi) is 8.46. The number of nitrogens with one attached hydrogen (secondary N) is 2. The van der Waals surface area contributed by atoms with E-state index in [1.54, 1.807) is 43.0 Å². The van der Waals surface area contributed by atoms with E-state index in [4.69, 9.17) is 11.6 Å². The summed E-state index contributed by atoms with van der Waals surface area (Å²) in [5.41, 5.74) is 4.39. The monoisotopic (exact) mass is 502 g/mol. The summed E-state index contributed by atoms with van der Waals surface area (Å²) in [4.78, 5) is 12.7. The molecular weight excluding hydrogens is 476 g/mol. The highest BCUT2D eigenvalue weighted by molar-refractivity contribution is 7.98. The van der Waals surface area contributed by atoms with Crippen LogP contribution in [-0.4, -0.2) is 26.6 Å². The third-order valence-electron chi connectivity index (χ3n) is 5.28. The summed E-state index contributed by atoms with van der Waals surface area (Å²) in [5, 5.41) is 3.57. The zero-order valence-electron chi connectivity index (χ0n) is 18.8. The first-order valence-electron chi connectivity index (χ1n) is 10.5. The van der Waals surface area contributed by atoms with Gasteiger partial charge in [-0.25, -0.2) is 8.42 Å². The lowest BCUT2D eigenvalue weighted by atomic mass is 10.1. The molecule has 3 rings (SSSR count). The number of carbonyl (C=O) groups is 1. The highest BCUT2D eigenvalue weighted by Gasteiger charge is 2.20. The van der Waals surface area contributed by atoms with E-state index in [1.807, 2.05) is 44.2 Å². The lowest BCUT2D eigenvalue weighted by Gasteiger charge is -2.14. The molecule has 0 atom stereocenters. The summed E-state index contributed by atoms with van der Waals surface area (Å²) >= 11 is 7.68. The van der Waals surface area contributed by atoms with E-state index in [2.05, 4.69) is 10.0 Å². The van der Waals surface area contributed by atoms with Gasteiger partial charge in [-0.05, 0) is 73.4 Å². The molecule has 174 valence electrons.